The number of nitrogens with one attached hydrogen (secondary N) is 1. The summed E-state index contributed by atoms with van der Waals surface area (Å²) in [5.74, 6) is -1.09. The molecule has 258 valence electrons. The van der Waals surface area contributed by atoms with Crippen LogP contribution in [0.15, 0.2) is 102 Å². The van der Waals surface area contributed by atoms with Gasteiger partial charge in [-0.15, -0.1) is 0 Å². The Hall–Kier alpha value is -4.61. The van der Waals surface area contributed by atoms with Gasteiger partial charge in [0.1, 0.15) is 18.4 Å². The molecule has 2 amide bonds. The highest BCUT2D eigenvalue weighted by Crippen LogP contribution is 2.33. The van der Waals surface area contributed by atoms with Crippen LogP contribution in [0.2, 0.25) is 5.02 Å². The van der Waals surface area contributed by atoms with Gasteiger partial charge in [0.25, 0.3) is 10.0 Å². The van der Waals surface area contributed by atoms with E-state index < -0.39 is 34.3 Å². The van der Waals surface area contributed by atoms with E-state index >= 15 is 0 Å². The third-order valence-electron chi connectivity index (χ3n) is 8.61. The van der Waals surface area contributed by atoms with Gasteiger partial charge in [-0.05, 0) is 66.4 Å². The first kappa shape index (κ1) is 35.7. The van der Waals surface area contributed by atoms with Gasteiger partial charge in [-0.3, -0.25) is 13.9 Å². The number of hydrogen-bond acceptors (Lipinski definition) is 6. The Labute approximate surface area is 291 Å². The van der Waals surface area contributed by atoms with Crippen LogP contribution in [0.5, 0.6) is 11.5 Å². The topological polar surface area (TPSA) is 105 Å². The molecule has 4 aromatic rings. The first-order valence-corrected chi connectivity index (χ1v) is 17.8. The highest BCUT2D eigenvalue weighted by Gasteiger charge is 2.36. The quantitative estimate of drug-likeness (QED) is 0.163. The molecule has 1 N–H and O–H groups in total. The number of ether oxygens (including phenoxy) is 2. The van der Waals surface area contributed by atoms with Crippen molar-refractivity contribution in [3.63, 3.8) is 0 Å². The van der Waals surface area contributed by atoms with Crippen molar-refractivity contribution in [1.82, 2.24) is 10.2 Å². The monoisotopic (exact) mass is 707 g/mol. The number of sulfonamides is 1. The predicted octanol–water partition coefficient (Wildman–Crippen LogP) is 6.39. The molecule has 1 atom stereocenters. The number of rotatable bonds is 14. The number of carbonyl (C=O) groups excluding carboxylic acids is 2. The molecule has 9 nitrogen and oxygen atoms in total. The fourth-order valence-corrected chi connectivity index (χ4v) is 7.60. The molecule has 0 aliphatic heterocycles. The van der Waals surface area contributed by atoms with Gasteiger partial charge in [0.15, 0.2) is 11.5 Å². The average Bonchev–Trinajstić information content (AvgIpc) is 3.63. The standard InChI is InChI=1S/C37H39ClFN3O6S/c1-47-34-21-20-31(23-35(34)48-2)49(45,46)42(30-18-16-28(39)17-19-30)25-36(43)41(24-27-12-6-9-15-32(27)38)33(22-26-10-4-3-5-11-26)37(44)40-29-13-7-8-14-29/h3-6,9-12,15-21,23,29,33H,7-8,13-14,22,24-25H2,1-2H3,(H,40,44). The van der Waals surface area contributed by atoms with Crippen LogP contribution in [0.25, 0.3) is 0 Å². The second-order valence-electron chi connectivity index (χ2n) is 11.8. The van der Waals surface area contributed by atoms with Crippen molar-refractivity contribution < 1.29 is 31.9 Å². The number of methoxy groups -OCH3 is 2. The lowest BCUT2D eigenvalue weighted by Crippen LogP contribution is -2.54. The predicted molar refractivity (Wildman–Crippen MR) is 187 cm³/mol. The molecule has 1 fully saturated rings. The normalized spacial score (nSPS) is 13.8. The van der Waals surface area contributed by atoms with Crippen LogP contribution < -0.4 is 19.1 Å². The second kappa shape index (κ2) is 16.2. The zero-order chi connectivity index (χ0) is 35.0. The highest BCUT2D eigenvalue weighted by molar-refractivity contribution is 7.92. The minimum Gasteiger partial charge on any atom is -0.493 e. The third-order valence-corrected chi connectivity index (χ3v) is 10.7. The molecule has 0 spiro atoms. The van der Waals surface area contributed by atoms with Gasteiger partial charge >= 0.3 is 0 Å². The summed E-state index contributed by atoms with van der Waals surface area (Å²) in [6, 6.07) is 24.2. The molecule has 1 aliphatic rings. The van der Waals surface area contributed by atoms with E-state index in [0.29, 0.717) is 16.3 Å². The summed E-state index contributed by atoms with van der Waals surface area (Å²) in [7, 11) is -1.65. The zero-order valence-corrected chi connectivity index (χ0v) is 28.9. The maximum atomic E-state index is 14.7. The molecule has 12 heteroatoms. The van der Waals surface area contributed by atoms with Crippen LogP contribution >= 0.6 is 11.6 Å². The first-order valence-electron chi connectivity index (χ1n) is 16.0. The Morgan fingerprint density at radius 2 is 1.55 bits per heavy atom. The summed E-state index contributed by atoms with van der Waals surface area (Å²) in [6.45, 7) is -0.767. The number of benzene rings is 4. The van der Waals surface area contributed by atoms with Gasteiger partial charge in [-0.25, -0.2) is 12.8 Å². The van der Waals surface area contributed by atoms with Gasteiger partial charge < -0.3 is 19.7 Å². The zero-order valence-electron chi connectivity index (χ0n) is 27.4. The summed E-state index contributed by atoms with van der Waals surface area (Å²) in [4.78, 5) is 30.0. The van der Waals surface area contributed by atoms with Gasteiger partial charge in [-0.1, -0.05) is 73.0 Å². The number of hydrogen-bond donors (Lipinski definition) is 1. The van der Waals surface area contributed by atoms with Crippen LogP contribution in [-0.2, 0) is 32.6 Å². The summed E-state index contributed by atoms with van der Waals surface area (Å²) < 4.78 is 54.3. The molecule has 0 heterocycles. The fourth-order valence-electron chi connectivity index (χ4n) is 5.97. The average molecular weight is 708 g/mol. The van der Waals surface area contributed by atoms with Gasteiger partial charge in [0, 0.05) is 30.1 Å². The molecule has 1 saturated carbocycles. The van der Waals surface area contributed by atoms with Crippen LogP contribution in [-0.4, -0.2) is 58.0 Å². The van der Waals surface area contributed by atoms with Crippen LogP contribution in [0.4, 0.5) is 10.1 Å². The molecule has 0 bridgehead atoms. The Morgan fingerprint density at radius 3 is 2.20 bits per heavy atom. The summed E-state index contributed by atoms with van der Waals surface area (Å²) in [5.41, 5.74) is 1.46. The summed E-state index contributed by atoms with van der Waals surface area (Å²) in [6.07, 6.45) is 3.84. The SMILES string of the molecule is COc1ccc(S(=O)(=O)N(CC(=O)N(Cc2ccccc2Cl)C(Cc2ccccc2)C(=O)NC2CCCC2)c2ccc(F)cc2)cc1OC. The van der Waals surface area contributed by atoms with Crippen molar-refractivity contribution >= 4 is 39.1 Å². The molecule has 4 aromatic carbocycles. The number of halogens is 2. The van der Waals surface area contributed by atoms with E-state index in [-0.39, 0.29) is 41.2 Å². The van der Waals surface area contributed by atoms with E-state index in [4.69, 9.17) is 21.1 Å². The van der Waals surface area contributed by atoms with Crippen molar-refractivity contribution in [1.29, 1.82) is 0 Å². The first-order chi connectivity index (χ1) is 23.6. The Balaban J connectivity index is 1.59. The molecular weight excluding hydrogens is 669 g/mol. The smallest absolute Gasteiger partial charge is 0.264 e. The van der Waals surface area contributed by atoms with Crippen molar-refractivity contribution in [2.75, 3.05) is 25.1 Å². The molecule has 0 aromatic heterocycles. The minimum absolute atomic E-state index is 0.0239. The highest BCUT2D eigenvalue weighted by atomic mass is 35.5. The lowest BCUT2D eigenvalue weighted by atomic mass is 10.0. The Bertz CT molecular complexity index is 1850. The van der Waals surface area contributed by atoms with Gasteiger partial charge in [0.2, 0.25) is 11.8 Å². The van der Waals surface area contributed by atoms with Gasteiger partial charge in [0.05, 0.1) is 24.8 Å². The molecule has 0 saturated heterocycles. The lowest BCUT2D eigenvalue weighted by molar-refractivity contribution is -0.140. The molecule has 1 aliphatic carbocycles. The molecular formula is C37H39ClFN3O6S. The largest absolute Gasteiger partial charge is 0.493 e. The second-order valence-corrected chi connectivity index (χ2v) is 14.1. The maximum absolute atomic E-state index is 14.7. The van der Waals surface area contributed by atoms with Crippen molar-refractivity contribution in [3.05, 3.63) is 119 Å². The van der Waals surface area contributed by atoms with Crippen molar-refractivity contribution in [2.45, 2.75) is 55.6 Å². The van der Waals surface area contributed by atoms with Crippen LogP contribution in [0.1, 0.15) is 36.8 Å². The molecule has 49 heavy (non-hydrogen) atoms. The van der Waals surface area contributed by atoms with Crippen LogP contribution in [0, 0.1) is 5.82 Å². The van der Waals surface area contributed by atoms with Crippen molar-refractivity contribution in [3.8, 4) is 11.5 Å². The van der Waals surface area contributed by atoms with E-state index in [2.05, 4.69) is 5.32 Å². The molecule has 0 radical (unpaired) electrons. The lowest BCUT2D eigenvalue weighted by Gasteiger charge is -2.34. The van der Waals surface area contributed by atoms with E-state index in [1.54, 1.807) is 24.3 Å². The summed E-state index contributed by atoms with van der Waals surface area (Å²) >= 11 is 6.57. The van der Waals surface area contributed by atoms with Gasteiger partial charge in [-0.2, -0.15) is 0 Å². The van der Waals surface area contributed by atoms with E-state index in [0.717, 1.165) is 47.7 Å². The fraction of sp³-hybridized carbons (Fsp3) is 0.297. The Kier molecular flexibility index (Phi) is 11.8. The van der Waals surface area contributed by atoms with E-state index in [1.165, 1.54) is 49.5 Å². The third kappa shape index (κ3) is 8.71. The van der Waals surface area contributed by atoms with Crippen LogP contribution in [0.3, 0.4) is 0 Å². The van der Waals surface area contributed by atoms with Crippen molar-refractivity contribution in [2.24, 2.45) is 0 Å². The Morgan fingerprint density at radius 1 is 0.898 bits per heavy atom. The minimum atomic E-state index is -4.46. The summed E-state index contributed by atoms with van der Waals surface area (Å²) in [5, 5.41) is 3.53. The maximum Gasteiger partial charge on any atom is 0.264 e. The number of carbonyl (C=O) groups is 2. The number of amides is 2. The van der Waals surface area contributed by atoms with E-state index in [1.807, 2.05) is 30.3 Å². The number of nitrogens with zero attached hydrogens (tertiary/aromatic N) is 2. The number of anilines is 1. The molecule has 5 rings (SSSR count). The molecule has 1 unspecified atom stereocenters. The van der Waals surface area contributed by atoms with E-state index in [9.17, 15) is 22.4 Å².